The van der Waals surface area contributed by atoms with Gasteiger partial charge in [-0.1, -0.05) is 36.4 Å². The molecular weight excluding hydrogens is 456 g/mol. The minimum absolute atomic E-state index is 0.104. The monoisotopic (exact) mass is 492 g/mol. The summed E-state index contributed by atoms with van der Waals surface area (Å²) < 4.78 is 16.8. The summed E-state index contributed by atoms with van der Waals surface area (Å²) >= 11 is 0. The summed E-state index contributed by atoms with van der Waals surface area (Å²) in [5.41, 5.74) is 2.48. The first-order valence-corrected chi connectivity index (χ1v) is 13.0. The molecule has 0 spiro atoms. The number of piperidine rings is 2. The van der Waals surface area contributed by atoms with E-state index in [1.165, 1.54) is 11.1 Å². The fourth-order valence-electron chi connectivity index (χ4n) is 6.22. The summed E-state index contributed by atoms with van der Waals surface area (Å²) in [5, 5.41) is 0. The third-order valence-corrected chi connectivity index (χ3v) is 8.09. The van der Waals surface area contributed by atoms with E-state index in [-0.39, 0.29) is 36.4 Å². The van der Waals surface area contributed by atoms with E-state index in [9.17, 15) is 9.59 Å². The van der Waals surface area contributed by atoms with Crippen LogP contribution in [-0.2, 0) is 9.53 Å². The number of carbonyl (C=O) groups excluding carboxylic acids is 2. The first-order valence-electron chi connectivity index (χ1n) is 13.0. The third kappa shape index (κ3) is 5.07. The number of methoxy groups -OCH3 is 2. The van der Waals surface area contributed by atoms with Crippen LogP contribution in [0.4, 0.5) is 4.79 Å². The lowest BCUT2D eigenvalue weighted by Gasteiger charge is -2.43. The Morgan fingerprint density at radius 1 is 0.917 bits per heavy atom. The maximum Gasteiger partial charge on any atom is 0.320 e. The number of likely N-dealkylation sites (tertiary alicyclic amines) is 2. The van der Waals surface area contributed by atoms with Gasteiger partial charge in [-0.25, -0.2) is 4.79 Å². The predicted octanol–water partition coefficient (Wildman–Crippen LogP) is 4.35. The molecule has 2 aromatic carbocycles. The summed E-state index contributed by atoms with van der Waals surface area (Å²) in [6.07, 6.45) is 3.32. The summed E-state index contributed by atoms with van der Waals surface area (Å²) in [7, 11) is 3.32. The Balaban J connectivity index is 1.28. The van der Waals surface area contributed by atoms with Gasteiger partial charge in [0, 0.05) is 44.4 Å². The van der Waals surface area contributed by atoms with Crippen molar-refractivity contribution in [2.45, 2.75) is 37.7 Å². The third-order valence-electron chi connectivity index (χ3n) is 8.09. The van der Waals surface area contributed by atoms with Gasteiger partial charge in [-0.15, -0.1) is 0 Å². The van der Waals surface area contributed by atoms with Gasteiger partial charge < -0.3 is 24.0 Å². The highest BCUT2D eigenvalue weighted by molar-refractivity contribution is 5.81. The molecule has 0 saturated carbocycles. The molecular formula is C29H36N2O5. The Bertz CT molecular complexity index is 1070. The van der Waals surface area contributed by atoms with Crippen LogP contribution in [0, 0.1) is 11.8 Å². The van der Waals surface area contributed by atoms with Crippen LogP contribution in [-0.4, -0.2) is 74.7 Å². The van der Waals surface area contributed by atoms with E-state index in [0.29, 0.717) is 25.4 Å². The van der Waals surface area contributed by atoms with Crippen molar-refractivity contribution in [1.29, 1.82) is 0 Å². The second-order valence-corrected chi connectivity index (χ2v) is 10.2. The minimum atomic E-state index is 0.104. The molecule has 3 aliphatic heterocycles. The normalized spacial score (nSPS) is 23.7. The molecule has 2 aromatic rings. The van der Waals surface area contributed by atoms with Crippen LogP contribution < -0.4 is 9.47 Å². The van der Waals surface area contributed by atoms with Crippen molar-refractivity contribution < 1.29 is 23.8 Å². The number of benzene rings is 2. The van der Waals surface area contributed by atoms with Crippen LogP contribution in [0.3, 0.4) is 0 Å². The molecule has 3 saturated heterocycles. The van der Waals surface area contributed by atoms with Crippen LogP contribution in [0.15, 0.2) is 48.5 Å². The average molecular weight is 493 g/mol. The lowest BCUT2D eigenvalue weighted by Crippen LogP contribution is -2.54. The SMILES string of the molecule is COc1ccc([C@@H](c2ccccc2)C2CCN(C(=O)N3CC[C@@H]4OCC(=O)C[C@@H]4C3)CC2)cc1OC. The van der Waals surface area contributed by atoms with Gasteiger partial charge in [-0.3, -0.25) is 4.79 Å². The van der Waals surface area contributed by atoms with Crippen molar-refractivity contribution in [2.24, 2.45) is 11.8 Å². The number of hydrogen-bond donors (Lipinski definition) is 0. The largest absolute Gasteiger partial charge is 0.493 e. The number of Topliss-reactive ketones (excluding diaryl/α,β-unsaturated/α-hetero) is 1. The zero-order chi connectivity index (χ0) is 25.1. The van der Waals surface area contributed by atoms with Gasteiger partial charge in [0.2, 0.25) is 0 Å². The van der Waals surface area contributed by atoms with Gasteiger partial charge in [0.15, 0.2) is 17.3 Å². The van der Waals surface area contributed by atoms with Crippen LogP contribution in [0.5, 0.6) is 11.5 Å². The number of nitrogens with zero attached hydrogens (tertiary/aromatic N) is 2. The molecule has 3 heterocycles. The zero-order valence-electron chi connectivity index (χ0n) is 21.2. The number of amides is 2. The molecule has 0 radical (unpaired) electrons. The molecule has 5 rings (SSSR count). The van der Waals surface area contributed by atoms with E-state index >= 15 is 0 Å². The summed E-state index contributed by atoms with van der Waals surface area (Å²) in [6, 6.07) is 16.9. The summed E-state index contributed by atoms with van der Waals surface area (Å²) in [4.78, 5) is 29.2. The van der Waals surface area contributed by atoms with Gasteiger partial charge in [0.25, 0.3) is 0 Å². The number of fused-ring (bicyclic) bond motifs is 1. The molecule has 0 N–H and O–H groups in total. The topological polar surface area (TPSA) is 68.3 Å². The molecule has 2 amide bonds. The van der Waals surface area contributed by atoms with Crippen LogP contribution in [0.1, 0.15) is 42.7 Å². The fourth-order valence-corrected chi connectivity index (χ4v) is 6.22. The molecule has 7 nitrogen and oxygen atoms in total. The number of urea groups is 1. The van der Waals surface area contributed by atoms with Crippen LogP contribution in [0.2, 0.25) is 0 Å². The maximum atomic E-state index is 13.4. The standard InChI is InChI=1S/C29H36N2O5/c1-34-26-9-8-22(17-27(26)35-2)28(20-6-4-3-5-7-20)21-10-13-30(14-11-21)29(33)31-15-12-25-23(18-31)16-24(32)19-36-25/h3-9,17,21,23,25,28H,10-16,18-19H2,1-2H3/t23-,25+,28+/m1/s1. The minimum Gasteiger partial charge on any atom is -0.493 e. The molecule has 0 aliphatic carbocycles. The fraction of sp³-hybridized carbons (Fsp3) is 0.517. The molecule has 0 unspecified atom stereocenters. The number of ketones is 1. The van der Waals surface area contributed by atoms with Gasteiger partial charge in [0.05, 0.1) is 20.3 Å². The quantitative estimate of drug-likeness (QED) is 0.621. The highest BCUT2D eigenvalue weighted by Crippen LogP contribution is 2.41. The van der Waals surface area contributed by atoms with Crippen LogP contribution >= 0.6 is 0 Å². The van der Waals surface area contributed by atoms with Gasteiger partial charge in [-0.05, 0) is 48.4 Å². The summed E-state index contributed by atoms with van der Waals surface area (Å²) in [6.45, 7) is 3.02. The number of rotatable bonds is 5. The van der Waals surface area contributed by atoms with Gasteiger partial charge in [0.1, 0.15) is 6.61 Å². The van der Waals surface area contributed by atoms with E-state index in [4.69, 9.17) is 14.2 Å². The Labute approximate surface area is 213 Å². The van der Waals surface area contributed by atoms with E-state index in [0.717, 1.165) is 43.9 Å². The smallest absolute Gasteiger partial charge is 0.320 e. The predicted molar refractivity (Wildman–Crippen MR) is 137 cm³/mol. The van der Waals surface area contributed by atoms with Crippen molar-refractivity contribution in [3.63, 3.8) is 0 Å². The first-order chi connectivity index (χ1) is 17.6. The molecule has 36 heavy (non-hydrogen) atoms. The molecule has 7 heteroatoms. The molecule has 0 aromatic heterocycles. The molecule has 0 bridgehead atoms. The maximum absolute atomic E-state index is 13.4. The van der Waals surface area contributed by atoms with Crippen LogP contribution in [0.25, 0.3) is 0 Å². The Hall–Kier alpha value is -3.06. The lowest BCUT2D eigenvalue weighted by atomic mass is 9.76. The van der Waals surface area contributed by atoms with Gasteiger partial charge in [-0.2, -0.15) is 0 Å². The number of ether oxygens (including phenoxy) is 3. The number of hydrogen-bond acceptors (Lipinski definition) is 5. The van der Waals surface area contributed by atoms with Crippen molar-refractivity contribution >= 4 is 11.8 Å². The summed E-state index contributed by atoms with van der Waals surface area (Å²) in [5.74, 6) is 2.36. The molecule has 192 valence electrons. The lowest BCUT2D eigenvalue weighted by molar-refractivity contribution is -0.140. The van der Waals surface area contributed by atoms with Crippen molar-refractivity contribution in [3.05, 3.63) is 59.7 Å². The van der Waals surface area contributed by atoms with E-state index < -0.39 is 0 Å². The van der Waals surface area contributed by atoms with Gasteiger partial charge >= 0.3 is 6.03 Å². The Morgan fingerprint density at radius 3 is 2.36 bits per heavy atom. The molecule has 3 atom stereocenters. The average Bonchev–Trinajstić information content (AvgIpc) is 2.93. The van der Waals surface area contributed by atoms with E-state index in [2.05, 4.69) is 36.4 Å². The van der Waals surface area contributed by atoms with Crippen molar-refractivity contribution in [1.82, 2.24) is 9.80 Å². The second-order valence-electron chi connectivity index (χ2n) is 10.2. The number of carbonyl (C=O) groups is 2. The Kier molecular flexibility index (Phi) is 7.46. The molecule has 3 fully saturated rings. The van der Waals surface area contributed by atoms with E-state index in [1.54, 1.807) is 14.2 Å². The molecule has 3 aliphatic rings. The van der Waals surface area contributed by atoms with Crippen molar-refractivity contribution in [3.8, 4) is 11.5 Å². The Morgan fingerprint density at radius 2 is 1.64 bits per heavy atom. The highest BCUT2D eigenvalue weighted by atomic mass is 16.5. The van der Waals surface area contributed by atoms with E-state index in [1.807, 2.05) is 21.9 Å². The van der Waals surface area contributed by atoms with Crippen molar-refractivity contribution in [2.75, 3.05) is 47.0 Å². The first kappa shape index (κ1) is 24.6. The second kappa shape index (κ2) is 10.9. The highest BCUT2D eigenvalue weighted by Gasteiger charge is 2.39. The zero-order valence-corrected chi connectivity index (χ0v) is 21.2.